The number of anilines is 1. The highest BCUT2D eigenvalue weighted by atomic mass is 35.5. The molecule has 1 N–H and O–H groups in total. The predicted molar refractivity (Wildman–Crippen MR) is 106 cm³/mol. The molecule has 3 rings (SSSR count). The maximum atomic E-state index is 12.5. The van der Waals surface area contributed by atoms with Crippen LogP contribution in [0.4, 0.5) is 5.69 Å². The number of nitrogens with zero attached hydrogens (tertiary/aromatic N) is 1. The van der Waals surface area contributed by atoms with Gasteiger partial charge in [0.05, 0.1) is 18.0 Å². The number of amides is 1. The van der Waals surface area contributed by atoms with Gasteiger partial charge in [-0.15, -0.1) is 0 Å². The lowest BCUT2D eigenvalue weighted by Gasteiger charge is -2.34. The van der Waals surface area contributed by atoms with Crippen molar-refractivity contribution < 1.29 is 17.9 Å². The average Bonchev–Trinajstić information content (AvgIpc) is 2.68. The highest BCUT2D eigenvalue weighted by Crippen LogP contribution is 2.35. The van der Waals surface area contributed by atoms with E-state index in [-0.39, 0.29) is 18.2 Å². The Morgan fingerprint density at radius 3 is 2.63 bits per heavy atom. The van der Waals surface area contributed by atoms with Crippen LogP contribution in [0.1, 0.15) is 12.5 Å². The van der Waals surface area contributed by atoms with Crippen molar-refractivity contribution in [3.05, 3.63) is 59.1 Å². The van der Waals surface area contributed by atoms with Crippen LogP contribution in [0.2, 0.25) is 5.02 Å². The Hall–Kier alpha value is -2.25. The molecule has 0 aliphatic carbocycles. The largest absolute Gasteiger partial charge is 0.476 e. The Kier molecular flexibility index (Phi) is 5.92. The SMILES string of the molecule is CCS(=O)(=O)N1C[C@H](C(=O)NCCc2ccc(Cl)cc2)Oc2ccccc21. The van der Waals surface area contributed by atoms with Crippen LogP contribution in [-0.2, 0) is 21.2 Å². The number of sulfonamides is 1. The predicted octanol–water partition coefficient (Wildman–Crippen LogP) is 2.62. The maximum Gasteiger partial charge on any atom is 0.263 e. The number of carbonyl (C=O) groups is 1. The molecule has 144 valence electrons. The fourth-order valence-electron chi connectivity index (χ4n) is 2.85. The van der Waals surface area contributed by atoms with Crippen LogP contribution in [-0.4, -0.2) is 39.3 Å². The fourth-order valence-corrected chi connectivity index (χ4v) is 4.10. The first-order valence-corrected chi connectivity index (χ1v) is 10.7. The van der Waals surface area contributed by atoms with Gasteiger partial charge >= 0.3 is 0 Å². The minimum atomic E-state index is -3.51. The number of halogens is 1. The maximum absolute atomic E-state index is 12.5. The molecule has 0 spiro atoms. The summed E-state index contributed by atoms with van der Waals surface area (Å²) in [7, 11) is -3.51. The molecule has 1 heterocycles. The number of carbonyl (C=O) groups excluding carboxylic acids is 1. The standard InChI is InChI=1S/C19H21ClN2O4S/c1-2-27(24,25)22-13-18(26-17-6-4-3-5-16(17)22)19(23)21-12-11-14-7-9-15(20)10-8-14/h3-10,18H,2,11-13H2,1H3,(H,21,23)/t18-/m1/s1. The van der Waals surface area contributed by atoms with Gasteiger partial charge in [0.15, 0.2) is 6.10 Å². The zero-order chi connectivity index (χ0) is 19.4. The smallest absolute Gasteiger partial charge is 0.263 e. The minimum Gasteiger partial charge on any atom is -0.476 e. The summed E-state index contributed by atoms with van der Waals surface area (Å²) >= 11 is 5.86. The van der Waals surface area contributed by atoms with Crippen molar-refractivity contribution >= 4 is 33.2 Å². The second kappa shape index (κ2) is 8.19. The number of para-hydroxylation sites is 2. The van der Waals surface area contributed by atoms with Crippen molar-refractivity contribution in [2.45, 2.75) is 19.4 Å². The molecule has 27 heavy (non-hydrogen) atoms. The van der Waals surface area contributed by atoms with E-state index in [0.29, 0.717) is 29.4 Å². The summed E-state index contributed by atoms with van der Waals surface area (Å²) in [5, 5.41) is 3.48. The molecule has 6 nitrogen and oxygen atoms in total. The Balaban J connectivity index is 1.67. The summed E-state index contributed by atoms with van der Waals surface area (Å²) in [6.07, 6.45) is -0.255. The van der Waals surface area contributed by atoms with E-state index in [1.807, 2.05) is 12.1 Å². The number of benzene rings is 2. The van der Waals surface area contributed by atoms with Crippen LogP contribution in [0.25, 0.3) is 0 Å². The van der Waals surface area contributed by atoms with Gasteiger partial charge in [0, 0.05) is 11.6 Å². The Bertz CT molecular complexity index is 916. The molecule has 2 aromatic rings. The number of nitrogens with one attached hydrogen (secondary N) is 1. The molecule has 0 unspecified atom stereocenters. The molecule has 0 saturated heterocycles. The zero-order valence-corrected chi connectivity index (χ0v) is 16.5. The van der Waals surface area contributed by atoms with Gasteiger partial charge in [-0.2, -0.15) is 0 Å². The minimum absolute atomic E-state index is 0.0417. The Labute approximate surface area is 164 Å². The van der Waals surface area contributed by atoms with E-state index in [4.69, 9.17) is 16.3 Å². The molecule has 1 atom stereocenters. The molecular weight excluding hydrogens is 388 g/mol. The molecule has 0 bridgehead atoms. The van der Waals surface area contributed by atoms with E-state index in [1.165, 1.54) is 4.31 Å². The molecule has 0 saturated carbocycles. The van der Waals surface area contributed by atoms with E-state index < -0.39 is 16.1 Å². The zero-order valence-electron chi connectivity index (χ0n) is 14.9. The van der Waals surface area contributed by atoms with Gasteiger partial charge in [-0.25, -0.2) is 8.42 Å². The van der Waals surface area contributed by atoms with E-state index in [2.05, 4.69) is 5.32 Å². The molecule has 0 fully saturated rings. The highest BCUT2D eigenvalue weighted by Gasteiger charge is 2.35. The highest BCUT2D eigenvalue weighted by molar-refractivity contribution is 7.92. The molecule has 1 aliphatic heterocycles. The van der Waals surface area contributed by atoms with Gasteiger partial charge in [0.25, 0.3) is 5.91 Å². The van der Waals surface area contributed by atoms with Crippen molar-refractivity contribution in [2.75, 3.05) is 23.1 Å². The van der Waals surface area contributed by atoms with Crippen LogP contribution < -0.4 is 14.4 Å². The van der Waals surface area contributed by atoms with Crippen molar-refractivity contribution in [3.8, 4) is 5.75 Å². The first-order chi connectivity index (χ1) is 12.9. The summed E-state index contributed by atoms with van der Waals surface area (Å²) in [6.45, 7) is 1.96. The summed E-state index contributed by atoms with van der Waals surface area (Å²) in [5.41, 5.74) is 1.51. The Morgan fingerprint density at radius 1 is 1.22 bits per heavy atom. The summed E-state index contributed by atoms with van der Waals surface area (Å²) in [5.74, 6) is 0.0000757. The number of hydrogen-bond acceptors (Lipinski definition) is 4. The van der Waals surface area contributed by atoms with E-state index >= 15 is 0 Å². The second-order valence-corrected chi connectivity index (χ2v) is 8.79. The van der Waals surface area contributed by atoms with Crippen LogP contribution >= 0.6 is 11.6 Å². The third kappa shape index (κ3) is 4.54. The third-order valence-corrected chi connectivity index (χ3v) is 6.35. The summed E-state index contributed by atoms with van der Waals surface area (Å²) < 4.78 is 31.9. The van der Waals surface area contributed by atoms with Crippen molar-refractivity contribution in [1.29, 1.82) is 0 Å². The first kappa shape index (κ1) is 19.5. The number of hydrogen-bond donors (Lipinski definition) is 1. The number of rotatable bonds is 6. The summed E-state index contributed by atoms with van der Waals surface area (Å²) in [6, 6.07) is 14.2. The average molecular weight is 409 g/mol. The van der Waals surface area contributed by atoms with Crippen molar-refractivity contribution in [3.63, 3.8) is 0 Å². The molecule has 0 aromatic heterocycles. The monoisotopic (exact) mass is 408 g/mol. The Morgan fingerprint density at radius 2 is 1.93 bits per heavy atom. The quantitative estimate of drug-likeness (QED) is 0.797. The van der Waals surface area contributed by atoms with E-state index in [9.17, 15) is 13.2 Å². The molecule has 1 amide bonds. The van der Waals surface area contributed by atoms with Gasteiger partial charge in [-0.05, 0) is 43.2 Å². The molecule has 1 aliphatic rings. The lowest BCUT2D eigenvalue weighted by molar-refractivity contribution is -0.127. The van der Waals surface area contributed by atoms with Gasteiger partial charge in [-0.1, -0.05) is 35.9 Å². The van der Waals surface area contributed by atoms with Crippen LogP contribution in [0, 0.1) is 0 Å². The molecule has 0 radical (unpaired) electrons. The van der Waals surface area contributed by atoms with Crippen molar-refractivity contribution in [1.82, 2.24) is 5.32 Å². The van der Waals surface area contributed by atoms with Gasteiger partial charge in [-0.3, -0.25) is 9.10 Å². The summed E-state index contributed by atoms with van der Waals surface area (Å²) in [4.78, 5) is 12.5. The molecule has 2 aromatic carbocycles. The first-order valence-electron chi connectivity index (χ1n) is 8.69. The van der Waals surface area contributed by atoms with Gasteiger partial charge in [0.1, 0.15) is 5.75 Å². The second-order valence-electron chi connectivity index (χ2n) is 6.17. The third-order valence-electron chi connectivity index (χ3n) is 4.35. The fraction of sp³-hybridized carbons (Fsp3) is 0.316. The van der Waals surface area contributed by atoms with Crippen LogP contribution in [0.3, 0.4) is 0 Å². The lowest BCUT2D eigenvalue weighted by atomic mass is 10.1. The van der Waals surface area contributed by atoms with E-state index in [1.54, 1.807) is 43.3 Å². The van der Waals surface area contributed by atoms with Gasteiger partial charge < -0.3 is 10.1 Å². The van der Waals surface area contributed by atoms with E-state index in [0.717, 1.165) is 5.56 Å². The van der Waals surface area contributed by atoms with Gasteiger partial charge in [0.2, 0.25) is 10.0 Å². The van der Waals surface area contributed by atoms with Crippen molar-refractivity contribution in [2.24, 2.45) is 0 Å². The van der Waals surface area contributed by atoms with Crippen LogP contribution in [0.15, 0.2) is 48.5 Å². The van der Waals surface area contributed by atoms with Crippen LogP contribution in [0.5, 0.6) is 5.75 Å². The topological polar surface area (TPSA) is 75.7 Å². The number of ether oxygens (including phenoxy) is 1. The lowest BCUT2D eigenvalue weighted by Crippen LogP contribution is -2.51. The molecule has 8 heteroatoms. The molecular formula is C19H21ClN2O4S. The normalized spacial score (nSPS) is 16.4. The number of fused-ring (bicyclic) bond motifs is 1.